The van der Waals surface area contributed by atoms with Crippen molar-refractivity contribution in [2.45, 2.75) is 66.5 Å². The molecule has 0 bridgehead atoms. The van der Waals surface area contributed by atoms with E-state index < -0.39 is 0 Å². The van der Waals surface area contributed by atoms with Gasteiger partial charge in [-0.25, -0.2) is 0 Å². The first kappa shape index (κ1) is 15.0. The monoisotopic (exact) mass is 214 g/mol. The minimum absolute atomic E-state index is 0.745. The first-order chi connectivity index (χ1) is 6.78. The zero-order chi connectivity index (χ0) is 12.2. The van der Waals surface area contributed by atoms with Gasteiger partial charge in [-0.2, -0.15) is 0 Å². The van der Waals surface area contributed by atoms with Gasteiger partial charge in [0.05, 0.1) is 26.2 Å². The first-order valence-electron chi connectivity index (χ1n) is 6.62. The first-order valence-corrected chi connectivity index (χ1v) is 6.62. The number of rotatable bonds is 6. The van der Waals surface area contributed by atoms with Crippen LogP contribution in [0.25, 0.3) is 0 Å². The fourth-order valence-corrected chi connectivity index (χ4v) is 2.33. The van der Waals surface area contributed by atoms with Crippen molar-refractivity contribution in [2.24, 2.45) is 11.8 Å². The van der Waals surface area contributed by atoms with Crippen LogP contribution in [0.5, 0.6) is 0 Å². The molecule has 1 nitrogen and oxygen atoms in total. The molecule has 0 radical (unpaired) electrons. The summed E-state index contributed by atoms with van der Waals surface area (Å²) in [5.74, 6) is 1.64. The standard InChI is InChI=1S/C14H32N/c1-9-11(3)13(5)14(6)15(7,8)12(4)10-2/h11-14H,9-10H2,1-8H3/q+1. The molecule has 0 aliphatic rings. The Morgan fingerprint density at radius 3 is 1.67 bits per heavy atom. The van der Waals surface area contributed by atoms with Crippen molar-refractivity contribution in [3.8, 4) is 0 Å². The highest BCUT2D eigenvalue weighted by atomic mass is 15.4. The zero-order valence-electron chi connectivity index (χ0n) is 12.2. The molecule has 0 heterocycles. The second-order valence-electron chi connectivity index (χ2n) is 5.87. The van der Waals surface area contributed by atoms with E-state index in [1.165, 1.54) is 12.8 Å². The van der Waals surface area contributed by atoms with Gasteiger partial charge in [0.1, 0.15) is 0 Å². The quantitative estimate of drug-likeness (QED) is 0.588. The topological polar surface area (TPSA) is 0 Å². The third kappa shape index (κ3) is 3.48. The minimum atomic E-state index is 0.745. The van der Waals surface area contributed by atoms with Crippen molar-refractivity contribution in [1.29, 1.82) is 0 Å². The molecule has 0 aliphatic heterocycles. The Morgan fingerprint density at radius 1 is 0.867 bits per heavy atom. The lowest BCUT2D eigenvalue weighted by Gasteiger charge is -2.45. The Balaban J connectivity index is 4.60. The maximum atomic E-state index is 2.42. The van der Waals surface area contributed by atoms with Crippen LogP contribution in [0.3, 0.4) is 0 Å². The molecule has 0 rings (SSSR count). The Bertz CT molecular complexity index is 174. The molecule has 4 atom stereocenters. The minimum Gasteiger partial charge on any atom is -0.324 e. The average molecular weight is 214 g/mol. The van der Waals surface area contributed by atoms with E-state index >= 15 is 0 Å². The summed E-state index contributed by atoms with van der Waals surface area (Å²) in [6, 6.07) is 1.50. The van der Waals surface area contributed by atoms with Crippen LogP contribution in [0.2, 0.25) is 0 Å². The summed E-state index contributed by atoms with van der Waals surface area (Å²) >= 11 is 0. The Kier molecular flexibility index (Phi) is 5.87. The molecule has 0 saturated carbocycles. The molecule has 92 valence electrons. The van der Waals surface area contributed by atoms with Gasteiger partial charge in [0.2, 0.25) is 0 Å². The molecule has 1 heteroatoms. The Morgan fingerprint density at radius 2 is 1.33 bits per heavy atom. The number of quaternary nitrogens is 1. The smallest absolute Gasteiger partial charge is 0.0888 e. The lowest BCUT2D eigenvalue weighted by Crippen LogP contribution is -2.56. The molecular formula is C14H32N+. The third-order valence-corrected chi connectivity index (χ3v) is 5.08. The highest BCUT2D eigenvalue weighted by molar-refractivity contribution is 4.69. The molecule has 0 N–H and O–H groups in total. The molecule has 0 fully saturated rings. The van der Waals surface area contributed by atoms with Crippen molar-refractivity contribution < 1.29 is 4.48 Å². The molecule has 0 amide bonds. The van der Waals surface area contributed by atoms with Crippen LogP contribution in [0.1, 0.15) is 54.4 Å². The van der Waals surface area contributed by atoms with Crippen LogP contribution in [-0.4, -0.2) is 30.7 Å². The van der Waals surface area contributed by atoms with E-state index in [-0.39, 0.29) is 0 Å². The van der Waals surface area contributed by atoms with Gasteiger partial charge < -0.3 is 4.48 Å². The van der Waals surface area contributed by atoms with Crippen LogP contribution in [0, 0.1) is 11.8 Å². The highest BCUT2D eigenvalue weighted by Gasteiger charge is 2.34. The normalized spacial score (nSPS) is 20.8. The fourth-order valence-electron chi connectivity index (χ4n) is 2.33. The van der Waals surface area contributed by atoms with Crippen LogP contribution in [-0.2, 0) is 0 Å². The lowest BCUT2D eigenvalue weighted by molar-refractivity contribution is -0.939. The number of hydrogen-bond donors (Lipinski definition) is 0. The van der Waals surface area contributed by atoms with E-state index in [0.717, 1.165) is 28.4 Å². The van der Waals surface area contributed by atoms with Gasteiger partial charge >= 0.3 is 0 Å². The summed E-state index contributed by atoms with van der Waals surface area (Å²) < 4.78 is 1.15. The van der Waals surface area contributed by atoms with Crippen LogP contribution >= 0.6 is 0 Å². The summed E-state index contributed by atoms with van der Waals surface area (Å²) in [6.45, 7) is 14.2. The molecule has 0 spiro atoms. The molecular weight excluding hydrogens is 182 g/mol. The summed E-state index contributed by atoms with van der Waals surface area (Å²) in [5.41, 5.74) is 0. The zero-order valence-corrected chi connectivity index (χ0v) is 12.2. The van der Waals surface area contributed by atoms with Crippen molar-refractivity contribution in [1.82, 2.24) is 0 Å². The Labute approximate surface area is 97.5 Å². The summed E-state index contributed by atoms with van der Waals surface area (Å²) in [6.07, 6.45) is 2.57. The van der Waals surface area contributed by atoms with Gasteiger partial charge in [0.25, 0.3) is 0 Å². The summed E-state index contributed by atoms with van der Waals surface area (Å²) in [7, 11) is 4.77. The van der Waals surface area contributed by atoms with Crippen molar-refractivity contribution in [3.63, 3.8) is 0 Å². The van der Waals surface area contributed by atoms with Gasteiger partial charge in [-0.3, -0.25) is 0 Å². The molecule has 0 aromatic carbocycles. The van der Waals surface area contributed by atoms with Crippen molar-refractivity contribution in [2.75, 3.05) is 14.1 Å². The van der Waals surface area contributed by atoms with Gasteiger partial charge in [-0.05, 0) is 26.2 Å². The number of nitrogens with zero attached hydrogens (tertiary/aromatic N) is 1. The van der Waals surface area contributed by atoms with E-state index in [2.05, 4.69) is 55.6 Å². The largest absolute Gasteiger partial charge is 0.324 e. The molecule has 15 heavy (non-hydrogen) atoms. The molecule has 0 aliphatic carbocycles. The van der Waals surface area contributed by atoms with Gasteiger partial charge in [0, 0.05) is 5.92 Å². The maximum absolute atomic E-state index is 2.42. The lowest BCUT2D eigenvalue weighted by atomic mass is 9.85. The predicted octanol–water partition coefficient (Wildman–Crippen LogP) is 3.93. The molecule has 0 aromatic rings. The van der Waals surface area contributed by atoms with Gasteiger partial charge in [-0.15, -0.1) is 0 Å². The summed E-state index contributed by atoms with van der Waals surface area (Å²) in [5, 5.41) is 0. The van der Waals surface area contributed by atoms with E-state index in [4.69, 9.17) is 0 Å². The van der Waals surface area contributed by atoms with E-state index in [1.807, 2.05) is 0 Å². The average Bonchev–Trinajstić information content (AvgIpc) is 2.24. The Hall–Kier alpha value is -0.0400. The molecule has 0 aromatic heterocycles. The number of hydrogen-bond acceptors (Lipinski definition) is 0. The van der Waals surface area contributed by atoms with Crippen LogP contribution in [0.15, 0.2) is 0 Å². The van der Waals surface area contributed by atoms with Crippen molar-refractivity contribution >= 4 is 0 Å². The second kappa shape index (κ2) is 5.89. The molecule has 4 unspecified atom stereocenters. The third-order valence-electron chi connectivity index (χ3n) is 5.08. The SMILES string of the molecule is CCC(C)C(C)C(C)[N+](C)(C)C(C)CC. The predicted molar refractivity (Wildman–Crippen MR) is 69.9 cm³/mol. The van der Waals surface area contributed by atoms with Crippen molar-refractivity contribution in [3.05, 3.63) is 0 Å². The molecule has 0 saturated heterocycles. The van der Waals surface area contributed by atoms with Crippen LogP contribution < -0.4 is 0 Å². The van der Waals surface area contributed by atoms with Gasteiger partial charge in [-0.1, -0.05) is 34.1 Å². The van der Waals surface area contributed by atoms with E-state index in [9.17, 15) is 0 Å². The van der Waals surface area contributed by atoms with Crippen LogP contribution in [0.4, 0.5) is 0 Å². The highest BCUT2D eigenvalue weighted by Crippen LogP contribution is 2.27. The second-order valence-corrected chi connectivity index (χ2v) is 5.87. The summed E-state index contributed by atoms with van der Waals surface area (Å²) in [4.78, 5) is 0. The fraction of sp³-hybridized carbons (Fsp3) is 1.00. The van der Waals surface area contributed by atoms with E-state index in [0.29, 0.717) is 0 Å². The van der Waals surface area contributed by atoms with Gasteiger partial charge in [0.15, 0.2) is 0 Å². The maximum Gasteiger partial charge on any atom is 0.0888 e. The van der Waals surface area contributed by atoms with E-state index in [1.54, 1.807) is 0 Å².